The van der Waals surface area contributed by atoms with Crippen molar-refractivity contribution in [2.45, 2.75) is 26.2 Å². The number of hydrogen-bond acceptors (Lipinski definition) is 4. The number of carbonyl (C=O) groups is 1. The second kappa shape index (κ2) is 5.13. The third kappa shape index (κ3) is 2.33. The van der Waals surface area contributed by atoms with Gasteiger partial charge < -0.3 is 14.6 Å². The molecule has 0 atom stereocenters. The van der Waals surface area contributed by atoms with Gasteiger partial charge in [0.05, 0.1) is 12.0 Å². The van der Waals surface area contributed by atoms with E-state index in [1.165, 1.54) is 6.08 Å². The zero-order chi connectivity index (χ0) is 15.0. The van der Waals surface area contributed by atoms with Crippen molar-refractivity contribution in [3.05, 3.63) is 46.9 Å². The van der Waals surface area contributed by atoms with Gasteiger partial charge in [-0.05, 0) is 30.7 Å². The summed E-state index contributed by atoms with van der Waals surface area (Å²) in [5.41, 5.74) is 2.27. The topological polar surface area (TPSA) is 70.7 Å². The Hall–Kier alpha value is -2.49. The maximum Gasteiger partial charge on any atom is 0.174 e. The second-order valence-electron chi connectivity index (χ2n) is 5.18. The molecular formula is C17H16O4. The number of rotatable bonds is 3. The average Bonchev–Trinajstić information content (AvgIpc) is 2.79. The molecule has 1 aliphatic rings. The lowest BCUT2D eigenvalue weighted by molar-refractivity contribution is 0.0976. The quantitative estimate of drug-likeness (QED) is 0.890. The van der Waals surface area contributed by atoms with Crippen molar-refractivity contribution in [2.75, 3.05) is 0 Å². The molecule has 0 saturated carbocycles. The van der Waals surface area contributed by atoms with Gasteiger partial charge in [0.2, 0.25) is 0 Å². The molecule has 1 aromatic carbocycles. The molecule has 1 aromatic heterocycles. The minimum absolute atomic E-state index is 0.0261. The van der Waals surface area contributed by atoms with Crippen molar-refractivity contribution in [1.29, 1.82) is 0 Å². The van der Waals surface area contributed by atoms with E-state index in [1.807, 2.05) is 6.92 Å². The van der Waals surface area contributed by atoms with Crippen LogP contribution >= 0.6 is 0 Å². The summed E-state index contributed by atoms with van der Waals surface area (Å²) in [7, 11) is 0. The van der Waals surface area contributed by atoms with Gasteiger partial charge in [0.25, 0.3) is 0 Å². The molecule has 21 heavy (non-hydrogen) atoms. The van der Waals surface area contributed by atoms with Gasteiger partial charge in [0.15, 0.2) is 5.78 Å². The third-order valence-corrected chi connectivity index (χ3v) is 3.58. The Balaban J connectivity index is 2.19. The number of furan rings is 1. The van der Waals surface area contributed by atoms with Crippen LogP contribution in [0, 0.1) is 0 Å². The fraction of sp³-hybridized carbons (Fsp3) is 0.235. The van der Waals surface area contributed by atoms with Crippen LogP contribution in [0.1, 0.15) is 41.4 Å². The Morgan fingerprint density at radius 2 is 1.90 bits per heavy atom. The van der Waals surface area contributed by atoms with E-state index < -0.39 is 0 Å². The molecule has 2 aromatic rings. The summed E-state index contributed by atoms with van der Waals surface area (Å²) in [6.07, 6.45) is 3.16. The number of aliphatic hydroxyl groups excluding tert-OH is 1. The van der Waals surface area contributed by atoms with Gasteiger partial charge in [0.1, 0.15) is 23.0 Å². The van der Waals surface area contributed by atoms with Crippen molar-refractivity contribution >= 4 is 11.9 Å². The van der Waals surface area contributed by atoms with Crippen molar-refractivity contribution < 1.29 is 19.4 Å². The Morgan fingerprint density at radius 1 is 1.19 bits per heavy atom. The number of hydrogen-bond donors (Lipinski definition) is 2. The van der Waals surface area contributed by atoms with Crippen molar-refractivity contribution in [3.63, 3.8) is 0 Å². The molecule has 4 heteroatoms. The number of fused-ring (bicyclic) bond motifs is 1. The molecule has 0 saturated heterocycles. The van der Waals surface area contributed by atoms with Gasteiger partial charge in [-0.15, -0.1) is 0 Å². The van der Waals surface area contributed by atoms with Gasteiger partial charge in [-0.25, -0.2) is 0 Å². The highest BCUT2D eigenvalue weighted by atomic mass is 16.3. The third-order valence-electron chi connectivity index (χ3n) is 3.58. The van der Waals surface area contributed by atoms with E-state index in [4.69, 9.17) is 4.42 Å². The van der Waals surface area contributed by atoms with E-state index in [-0.39, 0.29) is 23.7 Å². The molecule has 0 radical (unpaired) electrons. The molecule has 0 amide bonds. The zero-order valence-electron chi connectivity index (χ0n) is 11.7. The first-order chi connectivity index (χ1) is 10.1. The van der Waals surface area contributed by atoms with Gasteiger partial charge >= 0.3 is 0 Å². The Bertz CT molecular complexity index is 720. The number of aromatic hydroxyl groups is 1. The molecule has 3 rings (SSSR count). The molecule has 0 bridgehead atoms. The molecule has 108 valence electrons. The first kappa shape index (κ1) is 13.5. The number of aliphatic hydroxyl groups is 1. The highest BCUT2D eigenvalue weighted by Crippen LogP contribution is 2.37. The summed E-state index contributed by atoms with van der Waals surface area (Å²) in [6, 6.07) is 6.68. The summed E-state index contributed by atoms with van der Waals surface area (Å²) in [4.78, 5) is 12.2. The van der Waals surface area contributed by atoms with Gasteiger partial charge in [-0.1, -0.05) is 13.3 Å². The molecule has 0 aliphatic heterocycles. The number of Topliss-reactive ketones (excluding diaryl/α,β-unsaturated/α-hetero) is 1. The molecule has 2 N–H and O–H groups in total. The zero-order valence-corrected chi connectivity index (χ0v) is 11.7. The lowest BCUT2D eigenvalue weighted by atomic mass is 9.93. The van der Waals surface area contributed by atoms with Crippen LogP contribution in [0.25, 0.3) is 17.4 Å². The number of phenols is 1. The van der Waals surface area contributed by atoms with E-state index in [1.54, 1.807) is 24.3 Å². The van der Waals surface area contributed by atoms with E-state index in [0.29, 0.717) is 17.1 Å². The van der Waals surface area contributed by atoms with Crippen molar-refractivity contribution in [1.82, 2.24) is 0 Å². The van der Waals surface area contributed by atoms with Crippen LogP contribution in [-0.2, 0) is 6.42 Å². The maximum atomic E-state index is 12.2. The molecular weight excluding hydrogens is 268 g/mol. The van der Waals surface area contributed by atoms with Crippen LogP contribution in [0.3, 0.4) is 0 Å². The summed E-state index contributed by atoms with van der Waals surface area (Å²) in [5, 5.41) is 19.0. The van der Waals surface area contributed by atoms with E-state index in [2.05, 4.69) is 0 Å². The lowest BCUT2D eigenvalue weighted by Gasteiger charge is -2.08. The van der Waals surface area contributed by atoms with Crippen molar-refractivity contribution in [2.24, 2.45) is 0 Å². The molecule has 4 nitrogen and oxygen atoms in total. The average molecular weight is 284 g/mol. The van der Waals surface area contributed by atoms with E-state index in [9.17, 15) is 15.0 Å². The summed E-state index contributed by atoms with van der Waals surface area (Å²) < 4.78 is 5.82. The van der Waals surface area contributed by atoms with Gasteiger partial charge in [-0.2, -0.15) is 0 Å². The van der Waals surface area contributed by atoms with Crippen molar-refractivity contribution in [3.8, 4) is 17.1 Å². The van der Waals surface area contributed by atoms with E-state index in [0.717, 1.165) is 24.0 Å². The summed E-state index contributed by atoms with van der Waals surface area (Å²) >= 11 is 0. The fourth-order valence-electron chi connectivity index (χ4n) is 2.68. The Morgan fingerprint density at radius 3 is 2.57 bits per heavy atom. The first-order valence-corrected chi connectivity index (χ1v) is 6.98. The molecule has 0 spiro atoms. The maximum absolute atomic E-state index is 12.2. The van der Waals surface area contributed by atoms with Gasteiger partial charge in [0, 0.05) is 17.2 Å². The number of benzene rings is 1. The van der Waals surface area contributed by atoms with Crippen LogP contribution in [0.15, 0.2) is 34.4 Å². The monoisotopic (exact) mass is 284 g/mol. The van der Waals surface area contributed by atoms with Gasteiger partial charge in [-0.3, -0.25) is 4.79 Å². The standard InChI is InChI=1S/C17H16O4/c1-2-3-13-16-14(20)8-12(19)9-15(16)21-17(13)10-4-6-11(18)7-5-10/h4-7,9,18-19H,2-3,8H2,1H3. The highest BCUT2D eigenvalue weighted by Gasteiger charge is 2.28. The molecule has 0 fully saturated rings. The fourth-order valence-corrected chi connectivity index (χ4v) is 2.68. The smallest absolute Gasteiger partial charge is 0.174 e. The Labute approximate surface area is 122 Å². The normalized spacial score (nSPS) is 14.0. The predicted octanol–water partition coefficient (Wildman–Crippen LogP) is 4.09. The predicted molar refractivity (Wildman–Crippen MR) is 79.4 cm³/mol. The first-order valence-electron chi connectivity index (χ1n) is 6.98. The number of allylic oxidation sites excluding steroid dienone is 1. The second-order valence-corrected chi connectivity index (χ2v) is 5.18. The lowest BCUT2D eigenvalue weighted by Crippen LogP contribution is -2.08. The van der Waals surface area contributed by atoms with Crippen LogP contribution in [0.4, 0.5) is 0 Å². The largest absolute Gasteiger partial charge is 0.512 e. The summed E-state index contributed by atoms with van der Waals surface area (Å²) in [6.45, 7) is 2.04. The number of ketones is 1. The number of carbonyl (C=O) groups excluding carboxylic acids is 1. The molecule has 1 aliphatic carbocycles. The SMILES string of the molecule is CCCc1c(-c2ccc(O)cc2)oc2c1C(=O)CC(O)=C2. The van der Waals surface area contributed by atoms with E-state index >= 15 is 0 Å². The molecule has 0 unspecified atom stereocenters. The molecule has 1 heterocycles. The highest BCUT2D eigenvalue weighted by molar-refractivity contribution is 6.05. The minimum Gasteiger partial charge on any atom is -0.512 e. The summed E-state index contributed by atoms with van der Waals surface area (Å²) in [5.74, 6) is 1.17. The van der Waals surface area contributed by atoms with Crippen LogP contribution in [-0.4, -0.2) is 16.0 Å². The van der Waals surface area contributed by atoms with Crippen LogP contribution < -0.4 is 0 Å². The van der Waals surface area contributed by atoms with Crippen LogP contribution in [0.2, 0.25) is 0 Å². The number of phenolic OH excluding ortho intramolecular Hbond substituents is 1. The Kier molecular flexibility index (Phi) is 3.29. The van der Waals surface area contributed by atoms with Crippen LogP contribution in [0.5, 0.6) is 5.75 Å². The minimum atomic E-state index is -0.109.